The molecule has 0 radical (unpaired) electrons. The molecule has 1 N–H and O–H groups in total. The van der Waals surface area contributed by atoms with Crippen molar-refractivity contribution in [1.82, 2.24) is 4.31 Å². The summed E-state index contributed by atoms with van der Waals surface area (Å²) < 4.78 is 32.8. The molecule has 2 atom stereocenters. The zero-order chi connectivity index (χ0) is 19.8. The predicted octanol–water partition coefficient (Wildman–Crippen LogP) is 3.82. The first-order valence-electron chi connectivity index (χ1n) is 9.15. The van der Waals surface area contributed by atoms with Crippen LogP contribution in [0.1, 0.15) is 42.1 Å². The summed E-state index contributed by atoms with van der Waals surface area (Å²) in [5.41, 5.74) is 1.01. The lowest BCUT2D eigenvalue weighted by Gasteiger charge is -2.34. The fourth-order valence-electron chi connectivity index (χ4n) is 3.72. The first-order chi connectivity index (χ1) is 12.7. The Labute approximate surface area is 160 Å². The maximum Gasteiger partial charge on any atom is 0.259 e. The van der Waals surface area contributed by atoms with Crippen molar-refractivity contribution in [3.63, 3.8) is 0 Å². The smallest absolute Gasteiger partial charge is 0.259 e. The van der Waals surface area contributed by atoms with E-state index in [1.165, 1.54) is 0 Å². The van der Waals surface area contributed by atoms with E-state index < -0.39 is 10.0 Å². The van der Waals surface area contributed by atoms with Crippen molar-refractivity contribution in [1.29, 1.82) is 0 Å². The Balaban J connectivity index is 1.75. The highest BCUT2D eigenvalue weighted by atomic mass is 32.2. The summed E-state index contributed by atoms with van der Waals surface area (Å²) in [5.74, 6) is 1.65. The number of hydrogen-bond donors (Lipinski definition) is 1. The van der Waals surface area contributed by atoms with Crippen LogP contribution in [0.5, 0.6) is 0 Å². The maximum absolute atomic E-state index is 12.9. The number of piperidine rings is 1. The third kappa shape index (κ3) is 4.25. The number of carbonyl (C=O) groups excluding carboxylic acids is 1. The molecule has 27 heavy (non-hydrogen) atoms. The first-order valence-corrected chi connectivity index (χ1v) is 10.6. The molecule has 7 heteroatoms. The van der Waals surface area contributed by atoms with Gasteiger partial charge >= 0.3 is 0 Å². The van der Waals surface area contributed by atoms with E-state index in [0.29, 0.717) is 47.7 Å². The molecular weight excluding hydrogens is 364 g/mol. The van der Waals surface area contributed by atoms with E-state index in [4.69, 9.17) is 4.42 Å². The van der Waals surface area contributed by atoms with Crippen molar-refractivity contribution in [2.24, 2.45) is 11.8 Å². The van der Waals surface area contributed by atoms with E-state index in [0.717, 1.165) is 6.42 Å². The van der Waals surface area contributed by atoms with Crippen molar-refractivity contribution < 1.29 is 17.6 Å². The largest absolute Gasteiger partial charge is 0.466 e. The van der Waals surface area contributed by atoms with Gasteiger partial charge in [-0.15, -0.1) is 0 Å². The molecule has 6 nitrogen and oxygen atoms in total. The van der Waals surface area contributed by atoms with Gasteiger partial charge in [-0.25, -0.2) is 8.42 Å². The highest BCUT2D eigenvalue weighted by Crippen LogP contribution is 2.27. The second-order valence-electron chi connectivity index (χ2n) is 7.57. The van der Waals surface area contributed by atoms with E-state index in [9.17, 15) is 13.2 Å². The molecule has 1 amide bonds. The lowest BCUT2D eigenvalue weighted by atomic mass is 9.94. The third-order valence-electron chi connectivity index (χ3n) is 4.87. The Hall–Kier alpha value is -2.12. The molecule has 1 aromatic carbocycles. The topological polar surface area (TPSA) is 79.6 Å². The van der Waals surface area contributed by atoms with Crippen molar-refractivity contribution in [3.05, 3.63) is 47.4 Å². The minimum atomic E-state index is -3.52. The number of aryl methyl sites for hydroxylation is 2. The Bertz CT molecular complexity index is 921. The number of nitrogens with zero attached hydrogens (tertiary/aromatic N) is 1. The summed E-state index contributed by atoms with van der Waals surface area (Å²) in [7, 11) is -3.52. The van der Waals surface area contributed by atoms with E-state index in [1.807, 2.05) is 0 Å². The lowest BCUT2D eigenvalue weighted by Crippen LogP contribution is -2.42. The molecule has 1 aliphatic rings. The van der Waals surface area contributed by atoms with Crippen LogP contribution < -0.4 is 5.32 Å². The number of anilines is 1. The molecule has 2 heterocycles. The number of furan rings is 1. The summed E-state index contributed by atoms with van der Waals surface area (Å²) >= 11 is 0. The van der Waals surface area contributed by atoms with E-state index in [1.54, 1.807) is 48.5 Å². The molecule has 2 unspecified atom stereocenters. The predicted molar refractivity (Wildman–Crippen MR) is 104 cm³/mol. The van der Waals surface area contributed by atoms with E-state index in [-0.39, 0.29) is 10.8 Å². The van der Waals surface area contributed by atoms with Crippen LogP contribution >= 0.6 is 0 Å². The molecule has 0 aliphatic carbocycles. The van der Waals surface area contributed by atoms with Crippen LogP contribution in [0.2, 0.25) is 0 Å². The highest BCUT2D eigenvalue weighted by molar-refractivity contribution is 7.89. The van der Waals surface area contributed by atoms with Gasteiger partial charge in [0.25, 0.3) is 5.91 Å². The zero-order valence-electron chi connectivity index (χ0n) is 16.2. The molecule has 0 bridgehead atoms. The number of rotatable bonds is 4. The lowest BCUT2D eigenvalue weighted by molar-refractivity contribution is 0.102. The van der Waals surface area contributed by atoms with Gasteiger partial charge in [0.05, 0.1) is 10.5 Å². The fraction of sp³-hybridized carbons (Fsp3) is 0.450. The number of amides is 1. The van der Waals surface area contributed by atoms with Crippen molar-refractivity contribution in [3.8, 4) is 0 Å². The van der Waals surface area contributed by atoms with Crippen molar-refractivity contribution in [2.45, 2.75) is 39.0 Å². The van der Waals surface area contributed by atoms with Gasteiger partial charge in [-0.1, -0.05) is 13.8 Å². The van der Waals surface area contributed by atoms with Crippen LogP contribution in [0.25, 0.3) is 0 Å². The van der Waals surface area contributed by atoms with Crippen LogP contribution in [0.3, 0.4) is 0 Å². The molecule has 1 fully saturated rings. The van der Waals surface area contributed by atoms with Crippen molar-refractivity contribution in [2.75, 3.05) is 18.4 Å². The normalized spacial score (nSPS) is 21.2. The van der Waals surface area contributed by atoms with E-state index >= 15 is 0 Å². The second kappa shape index (κ2) is 7.48. The summed E-state index contributed by atoms with van der Waals surface area (Å²) in [4.78, 5) is 12.6. The minimum absolute atomic E-state index is 0.247. The van der Waals surface area contributed by atoms with Gasteiger partial charge in [-0.3, -0.25) is 4.79 Å². The first kappa shape index (κ1) is 19.6. The third-order valence-corrected chi connectivity index (χ3v) is 6.72. The number of nitrogens with one attached hydrogen (secondary N) is 1. The molecule has 1 aliphatic heterocycles. The summed E-state index contributed by atoms with van der Waals surface area (Å²) in [6.45, 7) is 8.77. The molecule has 1 saturated heterocycles. The monoisotopic (exact) mass is 390 g/mol. The number of sulfonamides is 1. The van der Waals surface area contributed by atoms with Gasteiger partial charge < -0.3 is 9.73 Å². The Morgan fingerprint density at radius 3 is 2.22 bits per heavy atom. The standard InChI is InChI=1S/C20H26N2O4S/c1-13-9-14(2)12-22(11-13)27(24,25)18-7-5-17(6-8-18)21-20(23)19-10-15(3)26-16(19)4/h5-8,10,13-14H,9,11-12H2,1-4H3,(H,21,23). The van der Waals surface area contributed by atoms with Gasteiger partial charge in [0.15, 0.2) is 0 Å². The van der Waals surface area contributed by atoms with Gasteiger partial charge in [0, 0.05) is 18.8 Å². The quantitative estimate of drug-likeness (QED) is 0.861. The van der Waals surface area contributed by atoms with Crippen LogP contribution in [0.15, 0.2) is 39.6 Å². The summed E-state index contributed by atoms with van der Waals surface area (Å²) in [6, 6.07) is 8.00. The Morgan fingerprint density at radius 1 is 1.11 bits per heavy atom. The zero-order valence-corrected chi connectivity index (χ0v) is 17.0. The second-order valence-corrected chi connectivity index (χ2v) is 9.51. The molecule has 2 aromatic rings. The Kier molecular flexibility index (Phi) is 5.44. The van der Waals surface area contributed by atoms with Gasteiger partial charge in [-0.2, -0.15) is 4.31 Å². The average Bonchev–Trinajstić information content (AvgIpc) is 2.93. The maximum atomic E-state index is 12.9. The van der Waals surface area contributed by atoms with Crippen LogP contribution in [0.4, 0.5) is 5.69 Å². The number of hydrogen-bond acceptors (Lipinski definition) is 4. The summed E-state index contributed by atoms with van der Waals surface area (Å²) in [5, 5.41) is 2.78. The van der Waals surface area contributed by atoms with Crippen LogP contribution in [-0.2, 0) is 10.0 Å². The SMILES string of the molecule is Cc1cc(C(=O)Nc2ccc(S(=O)(=O)N3CC(C)CC(C)C3)cc2)c(C)o1. The van der Waals surface area contributed by atoms with Gasteiger partial charge in [0.1, 0.15) is 11.5 Å². The number of benzene rings is 1. The minimum Gasteiger partial charge on any atom is -0.466 e. The van der Waals surface area contributed by atoms with Crippen LogP contribution in [0, 0.1) is 25.7 Å². The van der Waals surface area contributed by atoms with Crippen LogP contribution in [-0.4, -0.2) is 31.7 Å². The molecule has 146 valence electrons. The molecule has 3 rings (SSSR count). The fourth-order valence-corrected chi connectivity index (χ4v) is 5.40. The van der Waals surface area contributed by atoms with Gasteiger partial charge in [-0.05, 0) is 62.4 Å². The highest BCUT2D eigenvalue weighted by Gasteiger charge is 2.31. The number of carbonyl (C=O) groups is 1. The Morgan fingerprint density at radius 2 is 1.70 bits per heavy atom. The average molecular weight is 391 g/mol. The van der Waals surface area contributed by atoms with Gasteiger partial charge in [0.2, 0.25) is 10.0 Å². The van der Waals surface area contributed by atoms with E-state index in [2.05, 4.69) is 19.2 Å². The van der Waals surface area contributed by atoms with Crippen molar-refractivity contribution >= 4 is 21.6 Å². The molecular formula is C20H26N2O4S. The molecule has 0 saturated carbocycles. The molecule has 1 aromatic heterocycles. The summed E-state index contributed by atoms with van der Waals surface area (Å²) in [6.07, 6.45) is 1.05. The molecule has 0 spiro atoms.